The summed E-state index contributed by atoms with van der Waals surface area (Å²) in [4.78, 5) is 12.0. The van der Waals surface area contributed by atoms with E-state index in [0.717, 1.165) is 37.4 Å². The van der Waals surface area contributed by atoms with E-state index in [9.17, 15) is 9.18 Å². The Kier molecular flexibility index (Phi) is 9.18. The maximum atomic E-state index is 13.8. The first-order valence-corrected chi connectivity index (χ1v) is 14.9. The van der Waals surface area contributed by atoms with Crippen molar-refractivity contribution in [1.82, 2.24) is 5.32 Å². The number of anilines is 1. The van der Waals surface area contributed by atoms with Gasteiger partial charge in [-0.15, -0.1) is 0 Å². The predicted octanol–water partition coefficient (Wildman–Crippen LogP) is 5.76. The van der Waals surface area contributed by atoms with Gasteiger partial charge in [-0.1, -0.05) is 19.6 Å². The molecule has 1 aliphatic carbocycles. The van der Waals surface area contributed by atoms with Gasteiger partial charge in [-0.05, 0) is 64.6 Å². The van der Waals surface area contributed by atoms with Crippen LogP contribution in [0, 0.1) is 5.82 Å². The molecule has 31 heavy (non-hydrogen) atoms. The summed E-state index contributed by atoms with van der Waals surface area (Å²) in [5.74, 6) is 0.120. The number of ether oxygens (including phenoxy) is 3. The van der Waals surface area contributed by atoms with E-state index >= 15 is 0 Å². The molecule has 1 aliphatic rings. The average molecular weight is 455 g/mol. The molecule has 1 amide bonds. The number of carbonyl (C=O) groups is 1. The van der Waals surface area contributed by atoms with Gasteiger partial charge in [0.15, 0.2) is 6.79 Å². The highest BCUT2D eigenvalue weighted by molar-refractivity contribution is 6.76. The number of benzene rings is 1. The van der Waals surface area contributed by atoms with Crippen molar-refractivity contribution < 1.29 is 23.4 Å². The van der Waals surface area contributed by atoms with E-state index in [1.807, 2.05) is 20.8 Å². The normalized spacial score (nSPS) is 19.6. The molecule has 1 fully saturated rings. The summed E-state index contributed by atoms with van der Waals surface area (Å²) in [6.07, 6.45) is 3.13. The van der Waals surface area contributed by atoms with Gasteiger partial charge < -0.3 is 24.8 Å². The van der Waals surface area contributed by atoms with E-state index in [0.29, 0.717) is 12.4 Å². The lowest BCUT2D eigenvalue weighted by Crippen LogP contribution is -2.42. The average Bonchev–Trinajstić information content (AvgIpc) is 2.62. The lowest BCUT2D eigenvalue weighted by atomic mass is 9.91. The maximum absolute atomic E-state index is 13.8. The molecule has 0 aliphatic heterocycles. The molecular weight excluding hydrogens is 415 g/mol. The number of nitrogens with one attached hydrogen (secondary N) is 2. The van der Waals surface area contributed by atoms with E-state index in [1.54, 1.807) is 6.07 Å². The molecule has 0 aromatic heterocycles. The molecule has 2 rings (SSSR count). The van der Waals surface area contributed by atoms with Crippen molar-refractivity contribution >= 4 is 19.9 Å². The van der Waals surface area contributed by atoms with Gasteiger partial charge in [0.2, 0.25) is 0 Å². The Morgan fingerprint density at radius 2 is 1.77 bits per heavy atom. The van der Waals surface area contributed by atoms with E-state index in [4.69, 9.17) is 14.2 Å². The molecule has 0 spiro atoms. The highest BCUT2D eigenvalue weighted by atomic mass is 28.3. The van der Waals surface area contributed by atoms with Crippen molar-refractivity contribution in [2.24, 2.45) is 0 Å². The summed E-state index contributed by atoms with van der Waals surface area (Å²) >= 11 is 0. The lowest BCUT2D eigenvalue weighted by molar-refractivity contribution is 0.0223. The fourth-order valence-corrected chi connectivity index (χ4v) is 4.11. The SMILES string of the molecule is CC(C)(C)OC(=O)NC1CCC(Nc2ccc(F)cc2OCOCC[Si](C)(C)C)CC1. The third kappa shape index (κ3) is 10.4. The Morgan fingerprint density at radius 1 is 1.13 bits per heavy atom. The quantitative estimate of drug-likeness (QED) is 0.282. The van der Waals surface area contributed by atoms with Crippen LogP contribution in [0.4, 0.5) is 14.9 Å². The van der Waals surface area contributed by atoms with Crippen molar-refractivity contribution in [1.29, 1.82) is 0 Å². The largest absolute Gasteiger partial charge is 0.465 e. The summed E-state index contributed by atoms with van der Waals surface area (Å²) in [7, 11) is -1.15. The number of halogens is 1. The van der Waals surface area contributed by atoms with Crippen LogP contribution in [0.5, 0.6) is 5.75 Å². The molecule has 1 saturated carbocycles. The van der Waals surface area contributed by atoms with Crippen LogP contribution in [0.2, 0.25) is 25.7 Å². The number of carbonyl (C=O) groups excluding carboxylic acids is 1. The second-order valence-corrected chi connectivity index (χ2v) is 16.1. The Morgan fingerprint density at radius 3 is 2.39 bits per heavy atom. The van der Waals surface area contributed by atoms with Crippen LogP contribution in [0.3, 0.4) is 0 Å². The Balaban J connectivity index is 1.81. The Hall–Kier alpha value is -1.80. The molecule has 0 heterocycles. The molecule has 1 aromatic rings. The Bertz CT molecular complexity index is 711. The lowest BCUT2D eigenvalue weighted by Gasteiger charge is -2.31. The molecule has 1 aromatic carbocycles. The van der Waals surface area contributed by atoms with Crippen LogP contribution in [0.15, 0.2) is 18.2 Å². The molecule has 0 saturated heterocycles. The minimum Gasteiger partial charge on any atom is -0.465 e. The minimum absolute atomic E-state index is 0.106. The number of hydrogen-bond donors (Lipinski definition) is 2. The molecule has 8 heteroatoms. The molecule has 6 nitrogen and oxygen atoms in total. The summed E-state index contributed by atoms with van der Waals surface area (Å²) in [6, 6.07) is 5.92. The zero-order valence-corrected chi connectivity index (χ0v) is 20.8. The summed E-state index contributed by atoms with van der Waals surface area (Å²) in [6.45, 7) is 13.2. The number of rotatable bonds is 9. The topological polar surface area (TPSA) is 68.8 Å². The molecule has 0 unspecified atom stereocenters. The first-order chi connectivity index (χ1) is 14.4. The maximum Gasteiger partial charge on any atom is 0.407 e. The zero-order valence-electron chi connectivity index (χ0n) is 19.8. The third-order valence-corrected chi connectivity index (χ3v) is 6.75. The van der Waals surface area contributed by atoms with E-state index in [1.165, 1.54) is 12.1 Å². The predicted molar refractivity (Wildman–Crippen MR) is 125 cm³/mol. The van der Waals surface area contributed by atoms with Crippen LogP contribution >= 0.6 is 0 Å². The van der Waals surface area contributed by atoms with Crippen molar-refractivity contribution in [3.8, 4) is 5.75 Å². The van der Waals surface area contributed by atoms with Gasteiger partial charge in [0.1, 0.15) is 17.2 Å². The zero-order chi connectivity index (χ0) is 23.1. The summed E-state index contributed by atoms with van der Waals surface area (Å²) < 4.78 is 30.4. The highest BCUT2D eigenvalue weighted by Gasteiger charge is 2.25. The Labute approximate surface area is 187 Å². The van der Waals surface area contributed by atoms with Gasteiger partial charge in [-0.3, -0.25) is 0 Å². The first-order valence-electron chi connectivity index (χ1n) is 11.2. The molecule has 2 N–H and O–H groups in total. The van der Waals surface area contributed by atoms with Gasteiger partial charge in [0, 0.05) is 32.8 Å². The van der Waals surface area contributed by atoms with Crippen LogP contribution in [0.1, 0.15) is 46.5 Å². The van der Waals surface area contributed by atoms with E-state index in [2.05, 4.69) is 30.3 Å². The monoisotopic (exact) mass is 454 g/mol. The van der Waals surface area contributed by atoms with Crippen molar-refractivity contribution in [3.63, 3.8) is 0 Å². The highest BCUT2D eigenvalue weighted by Crippen LogP contribution is 2.29. The van der Waals surface area contributed by atoms with Crippen molar-refractivity contribution in [2.75, 3.05) is 18.7 Å². The van der Waals surface area contributed by atoms with E-state index < -0.39 is 13.7 Å². The number of alkyl carbamates (subject to hydrolysis) is 1. The molecule has 0 atom stereocenters. The van der Waals surface area contributed by atoms with Crippen molar-refractivity contribution in [3.05, 3.63) is 24.0 Å². The summed E-state index contributed by atoms with van der Waals surface area (Å²) in [5, 5.41) is 6.42. The molecule has 0 bridgehead atoms. The van der Waals surface area contributed by atoms with Crippen molar-refractivity contribution in [2.45, 2.75) is 89.8 Å². The number of hydrogen-bond acceptors (Lipinski definition) is 5. The molecule has 176 valence electrons. The van der Waals surface area contributed by atoms with Gasteiger partial charge >= 0.3 is 6.09 Å². The minimum atomic E-state index is -1.15. The van der Waals surface area contributed by atoms with Crippen LogP contribution in [-0.2, 0) is 9.47 Å². The van der Waals surface area contributed by atoms with Crippen LogP contribution in [-0.4, -0.2) is 45.3 Å². The van der Waals surface area contributed by atoms with Crippen LogP contribution < -0.4 is 15.4 Å². The second-order valence-electron chi connectivity index (χ2n) is 10.5. The van der Waals surface area contributed by atoms with Gasteiger partial charge in [-0.2, -0.15) is 0 Å². The number of amides is 1. The smallest absolute Gasteiger partial charge is 0.407 e. The second kappa shape index (κ2) is 11.2. The van der Waals surface area contributed by atoms with Gasteiger partial charge in [0.25, 0.3) is 0 Å². The third-order valence-electron chi connectivity index (χ3n) is 5.05. The molecular formula is C23H39FN2O4Si. The fraction of sp³-hybridized carbons (Fsp3) is 0.696. The first kappa shape index (κ1) is 25.5. The van der Waals surface area contributed by atoms with E-state index in [-0.39, 0.29) is 30.8 Å². The molecule has 0 radical (unpaired) electrons. The van der Waals surface area contributed by atoms with Gasteiger partial charge in [0.05, 0.1) is 5.69 Å². The summed E-state index contributed by atoms with van der Waals surface area (Å²) in [5.41, 5.74) is 0.263. The fourth-order valence-electron chi connectivity index (χ4n) is 3.35. The van der Waals surface area contributed by atoms with Gasteiger partial charge in [-0.25, -0.2) is 9.18 Å². The van der Waals surface area contributed by atoms with Crippen LogP contribution in [0.25, 0.3) is 0 Å². The standard InChI is InChI=1S/C23H39FN2O4Si/c1-23(2,3)30-22(27)26-19-10-8-18(9-11-19)25-20-12-7-17(24)15-21(20)29-16-28-13-14-31(4,5)6/h7,12,15,18-19,25H,8-11,13-14,16H2,1-6H3,(H,26,27).